The molecule has 0 rings (SSSR count). The first kappa shape index (κ1) is 21.6. The highest BCUT2D eigenvalue weighted by Gasteiger charge is 2.54. The highest BCUT2D eigenvalue weighted by atomic mass is 32.2. The van der Waals surface area contributed by atoms with Gasteiger partial charge in [0.1, 0.15) is 0 Å². The third-order valence-corrected chi connectivity index (χ3v) is 5.27. The van der Waals surface area contributed by atoms with Gasteiger partial charge in [0.15, 0.2) is 0 Å². The molecule has 134 valence electrons. The summed E-state index contributed by atoms with van der Waals surface area (Å²) >= 11 is 0. The third kappa shape index (κ3) is 4.79. The van der Waals surface area contributed by atoms with Crippen LogP contribution in [0.3, 0.4) is 0 Å². The Morgan fingerprint density at radius 2 is 1.32 bits per heavy atom. The predicted octanol–water partition coefficient (Wildman–Crippen LogP) is -3.68. The SMILES string of the molecule is CC(O)(C(O)(O)CCCC(O)(O)C(O)S(=O)(=O)O)S(=O)(=O)O. The molecule has 0 spiro atoms. The van der Waals surface area contributed by atoms with Crippen LogP contribution in [0.1, 0.15) is 26.2 Å². The van der Waals surface area contributed by atoms with Gasteiger partial charge in [0, 0.05) is 12.8 Å². The van der Waals surface area contributed by atoms with Crippen molar-refractivity contribution in [2.24, 2.45) is 0 Å². The number of rotatable bonds is 8. The van der Waals surface area contributed by atoms with Crippen molar-refractivity contribution in [2.75, 3.05) is 0 Å². The maximum absolute atomic E-state index is 10.8. The first-order chi connectivity index (χ1) is 9.36. The van der Waals surface area contributed by atoms with Crippen molar-refractivity contribution in [2.45, 2.75) is 48.1 Å². The lowest BCUT2D eigenvalue weighted by Crippen LogP contribution is -2.57. The van der Waals surface area contributed by atoms with E-state index in [9.17, 15) is 42.4 Å². The normalized spacial score (nSPS) is 18.8. The van der Waals surface area contributed by atoms with E-state index in [1.165, 1.54) is 0 Å². The van der Waals surface area contributed by atoms with Crippen molar-refractivity contribution in [3.8, 4) is 0 Å². The number of aliphatic hydroxyl groups excluding tert-OH is 1. The van der Waals surface area contributed by atoms with Crippen molar-refractivity contribution in [1.29, 1.82) is 0 Å². The summed E-state index contributed by atoms with van der Waals surface area (Å²) < 4.78 is 59.9. The second-order valence-corrected chi connectivity index (χ2v) is 8.10. The molecule has 0 aromatic carbocycles. The van der Waals surface area contributed by atoms with Crippen LogP contribution in [0.5, 0.6) is 0 Å². The zero-order valence-electron chi connectivity index (χ0n) is 11.2. The topological polar surface area (TPSA) is 230 Å². The monoisotopic (exact) mass is 370 g/mol. The van der Waals surface area contributed by atoms with Crippen molar-refractivity contribution in [1.82, 2.24) is 0 Å². The minimum Gasteiger partial charge on any atom is -0.371 e. The van der Waals surface area contributed by atoms with Crippen LogP contribution < -0.4 is 0 Å². The molecule has 12 nitrogen and oxygen atoms in total. The lowest BCUT2D eigenvalue weighted by atomic mass is 10.0. The minimum atomic E-state index is -5.32. The molecule has 14 heteroatoms. The third-order valence-electron chi connectivity index (χ3n) is 2.99. The van der Waals surface area contributed by atoms with E-state index in [2.05, 4.69) is 0 Å². The largest absolute Gasteiger partial charge is 0.371 e. The molecule has 8 N–H and O–H groups in total. The number of aliphatic hydroxyl groups is 6. The lowest BCUT2D eigenvalue weighted by molar-refractivity contribution is -0.248. The molecule has 0 bridgehead atoms. The molecule has 0 radical (unpaired) electrons. The Labute approximate surface area is 125 Å². The summed E-state index contributed by atoms with van der Waals surface area (Å²) in [5, 5.41) is 55.8. The fraction of sp³-hybridized carbons (Fsp3) is 1.00. The minimum absolute atomic E-state index is 0.362. The van der Waals surface area contributed by atoms with E-state index in [0.717, 1.165) is 0 Å². The van der Waals surface area contributed by atoms with Gasteiger partial charge in [-0.15, -0.1) is 0 Å². The second kappa shape index (κ2) is 6.23. The Hall–Kier alpha value is -0.420. The molecular weight excluding hydrogens is 352 g/mol. The summed E-state index contributed by atoms with van der Waals surface area (Å²) in [5.41, 5.74) is -3.02. The molecule has 0 aliphatic carbocycles. The summed E-state index contributed by atoms with van der Waals surface area (Å²) in [6.45, 7) is 0.362. The highest BCUT2D eigenvalue weighted by Crippen LogP contribution is 2.31. The van der Waals surface area contributed by atoms with Crippen LogP contribution >= 0.6 is 0 Å². The average molecular weight is 370 g/mol. The molecule has 2 unspecified atom stereocenters. The van der Waals surface area contributed by atoms with Crippen molar-refractivity contribution < 1.29 is 56.6 Å². The van der Waals surface area contributed by atoms with Gasteiger partial charge >= 0.3 is 0 Å². The molecule has 0 amide bonds. The Morgan fingerprint density at radius 1 is 0.909 bits per heavy atom. The molecule has 0 heterocycles. The van der Waals surface area contributed by atoms with Gasteiger partial charge in [-0.25, -0.2) is 0 Å². The Bertz CT molecular complexity index is 587. The van der Waals surface area contributed by atoms with Gasteiger partial charge in [-0.05, 0) is 13.3 Å². The van der Waals surface area contributed by atoms with Crippen LogP contribution in [-0.4, -0.2) is 78.5 Å². The van der Waals surface area contributed by atoms with E-state index >= 15 is 0 Å². The Kier molecular flexibility index (Phi) is 6.11. The molecule has 0 aliphatic heterocycles. The van der Waals surface area contributed by atoms with Gasteiger partial charge < -0.3 is 30.6 Å². The van der Waals surface area contributed by atoms with Gasteiger partial charge in [0.2, 0.25) is 21.9 Å². The second-order valence-electron chi connectivity index (χ2n) is 4.87. The first-order valence-corrected chi connectivity index (χ1v) is 8.54. The summed E-state index contributed by atoms with van der Waals surface area (Å²) in [6, 6.07) is 0. The fourth-order valence-corrected chi connectivity index (χ4v) is 2.51. The van der Waals surface area contributed by atoms with Gasteiger partial charge in [0.25, 0.3) is 20.2 Å². The average Bonchev–Trinajstić information content (AvgIpc) is 2.24. The van der Waals surface area contributed by atoms with Gasteiger partial charge in [-0.2, -0.15) is 16.8 Å². The lowest BCUT2D eigenvalue weighted by Gasteiger charge is -2.34. The van der Waals surface area contributed by atoms with Crippen molar-refractivity contribution in [3.63, 3.8) is 0 Å². The molecule has 22 heavy (non-hydrogen) atoms. The molecule has 0 aromatic rings. The zero-order chi connectivity index (χ0) is 18.2. The molecule has 0 aliphatic rings. The maximum atomic E-state index is 10.8. The molecule has 2 atom stereocenters. The quantitative estimate of drug-likeness (QED) is 0.152. The highest BCUT2D eigenvalue weighted by molar-refractivity contribution is 7.87. The van der Waals surface area contributed by atoms with E-state index in [0.29, 0.717) is 6.92 Å². The van der Waals surface area contributed by atoms with E-state index in [1.54, 1.807) is 0 Å². The van der Waals surface area contributed by atoms with Crippen LogP contribution in [0.15, 0.2) is 0 Å². The van der Waals surface area contributed by atoms with Crippen molar-refractivity contribution >= 4 is 20.2 Å². The predicted molar refractivity (Wildman–Crippen MR) is 67.9 cm³/mol. The zero-order valence-corrected chi connectivity index (χ0v) is 12.9. The Morgan fingerprint density at radius 3 is 1.64 bits per heavy atom. The standard InChI is InChI=1S/C8H18O12S2/c1-6(10,22(18,19)20)8(13,14)4-2-3-7(11,12)5(9)21(15,16)17/h5,9-14H,2-4H2,1H3,(H,15,16,17)(H,18,19,20). The van der Waals surface area contributed by atoms with E-state index in [1.807, 2.05) is 0 Å². The van der Waals surface area contributed by atoms with Gasteiger partial charge in [0.05, 0.1) is 0 Å². The molecule has 0 saturated carbocycles. The summed E-state index contributed by atoms with van der Waals surface area (Å²) in [5.74, 6) is -6.81. The van der Waals surface area contributed by atoms with Crippen LogP contribution in [0.25, 0.3) is 0 Å². The summed E-state index contributed by atoms with van der Waals surface area (Å²) in [7, 11) is -10.6. The van der Waals surface area contributed by atoms with Crippen LogP contribution in [0, 0.1) is 0 Å². The summed E-state index contributed by atoms with van der Waals surface area (Å²) in [6.07, 6.45) is -2.86. The van der Waals surface area contributed by atoms with E-state index in [4.69, 9.17) is 14.2 Å². The Balaban J connectivity index is 4.98. The van der Waals surface area contributed by atoms with Gasteiger partial charge in [-0.1, -0.05) is 0 Å². The maximum Gasteiger partial charge on any atom is 0.300 e. The van der Waals surface area contributed by atoms with Gasteiger partial charge in [-0.3, -0.25) is 9.11 Å². The first-order valence-electron chi connectivity index (χ1n) is 5.59. The fourth-order valence-electron chi connectivity index (χ4n) is 1.40. The molecule has 0 saturated heterocycles. The van der Waals surface area contributed by atoms with Crippen LogP contribution in [-0.2, 0) is 20.2 Å². The molecule has 0 aromatic heterocycles. The number of hydrogen-bond donors (Lipinski definition) is 8. The van der Waals surface area contributed by atoms with E-state index < -0.39 is 61.4 Å². The molecular formula is C8H18O12S2. The smallest absolute Gasteiger partial charge is 0.300 e. The van der Waals surface area contributed by atoms with Crippen LogP contribution in [0.4, 0.5) is 0 Å². The van der Waals surface area contributed by atoms with Crippen LogP contribution in [0.2, 0.25) is 0 Å². The van der Waals surface area contributed by atoms with Crippen molar-refractivity contribution in [3.05, 3.63) is 0 Å². The summed E-state index contributed by atoms with van der Waals surface area (Å²) in [4.78, 5) is -3.42. The van der Waals surface area contributed by atoms with E-state index in [-0.39, 0.29) is 0 Å². The number of hydrogen-bond acceptors (Lipinski definition) is 10. The molecule has 0 fully saturated rings.